The topological polar surface area (TPSA) is 130 Å². The molecular formula is C25H27FN4O7. The molecule has 2 saturated heterocycles. The van der Waals surface area contributed by atoms with Gasteiger partial charge in [0.1, 0.15) is 17.7 Å². The molecule has 0 radical (unpaired) electrons. The number of aromatic hydroxyl groups is 1. The third kappa shape index (κ3) is 6.35. The number of halogens is 1. The molecule has 12 heteroatoms. The minimum atomic E-state index is -0.624. The molecule has 1 unspecified atom stereocenters. The number of carbonyl (C=O) groups is 3. The molecule has 11 nitrogen and oxygen atoms in total. The summed E-state index contributed by atoms with van der Waals surface area (Å²) in [5.74, 6) is -1.77. The summed E-state index contributed by atoms with van der Waals surface area (Å²) in [6.45, 7) is 2.46. The van der Waals surface area contributed by atoms with Crippen LogP contribution in [0.1, 0.15) is 15.9 Å². The maximum Gasteiger partial charge on any atom is 0.414 e. The van der Waals surface area contributed by atoms with Gasteiger partial charge in [-0.1, -0.05) is 6.07 Å². The van der Waals surface area contributed by atoms with E-state index >= 15 is 0 Å². The Hall–Kier alpha value is -4.16. The van der Waals surface area contributed by atoms with Gasteiger partial charge in [-0.25, -0.2) is 14.7 Å². The predicted octanol–water partition coefficient (Wildman–Crippen LogP) is 1.81. The van der Waals surface area contributed by atoms with Crippen LogP contribution < -0.4 is 20.6 Å². The molecule has 3 N–H and O–H groups in total. The Morgan fingerprint density at radius 3 is 2.70 bits per heavy atom. The lowest BCUT2D eigenvalue weighted by molar-refractivity contribution is -0.116. The Bertz CT molecular complexity index is 1200. The molecule has 0 aromatic heterocycles. The Morgan fingerprint density at radius 2 is 2.00 bits per heavy atom. The van der Waals surface area contributed by atoms with Gasteiger partial charge in [-0.3, -0.25) is 19.3 Å². The van der Waals surface area contributed by atoms with Crippen LogP contribution in [0.15, 0.2) is 42.5 Å². The van der Waals surface area contributed by atoms with Crippen LogP contribution in [0, 0.1) is 5.82 Å². The molecule has 196 valence electrons. The van der Waals surface area contributed by atoms with Gasteiger partial charge < -0.3 is 24.8 Å². The molecule has 0 bridgehead atoms. The molecule has 0 spiro atoms. The summed E-state index contributed by atoms with van der Waals surface area (Å²) >= 11 is 0. The second-order valence-corrected chi connectivity index (χ2v) is 8.34. The molecule has 1 atom stereocenters. The van der Waals surface area contributed by atoms with Crippen LogP contribution in [0.5, 0.6) is 5.75 Å². The number of hydrogen-bond donors (Lipinski definition) is 3. The number of amides is 3. The predicted molar refractivity (Wildman–Crippen MR) is 132 cm³/mol. The van der Waals surface area contributed by atoms with E-state index in [1.807, 2.05) is 4.90 Å². The highest BCUT2D eigenvalue weighted by molar-refractivity contribution is 5.97. The highest BCUT2D eigenvalue weighted by Gasteiger charge is 2.33. The third-order valence-electron chi connectivity index (χ3n) is 5.86. The normalized spacial score (nSPS) is 17.7. The lowest BCUT2D eigenvalue weighted by Gasteiger charge is -2.29. The number of hydrogen-bond acceptors (Lipinski definition) is 8. The van der Waals surface area contributed by atoms with Crippen LogP contribution in [-0.4, -0.2) is 75.6 Å². The number of phenolic OH excluding ortho intramolecular Hbond substituents is 1. The molecule has 37 heavy (non-hydrogen) atoms. The molecule has 0 saturated carbocycles. The number of nitrogens with zero attached hydrogens (tertiary/aromatic N) is 2. The van der Waals surface area contributed by atoms with Crippen LogP contribution >= 0.6 is 0 Å². The molecule has 2 heterocycles. The number of cyclic esters (lactones) is 1. The quantitative estimate of drug-likeness (QED) is 0.359. The second-order valence-electron chi connectivity index (χ2n) is 8.34. The highest BCUT2D eigenvalue weighted by atomic mass is 19.1. The van der Waals surface area contributed by atoms with Gasteiger partial charge in [0.25, 0.3) is 5.91 Å². The summed E-state index contributed by atoms with van der Waals surface area (Å²) in [6, 6.07) is 8.87. The lowest BCUT2D eigenvalue weighted by atomic mass is 10.1. The van der Waals surface area contributed by atoms with Gasteiger partial charge in [0, 0.05) is 19.2 Å². The Morgan fingerprint density at radius 1 is 1.22 bits per heavy atom. The molecule has 0 aliphatic carbocycles. The van der Waals surface area contributed by atoms with Crippen molar-refractivity contribution in [1.29, 1.82) is 0 Å². The van der Waals surface area contributed by atoms with Crippen molar-refractivity contribution in [3.05, 3.63) is 59.4 Å². The number of benzene rings is 2. The molecule has 2 fully saturated rings. The largest absolute Gasteiger partial charge is 0.507 e. The van der Waals surface area contributed by atoms with Crippen molar-refractivity contribution in [3.63, 3.8) is 0 Å². The second kappa shape index (κ2) is 11.7. The van der Waals surface area contributed by atoms with Crippen molar-refractivity contribution in [3.8, 4) is 5.75 Å². The Labute approximate surface area is 212 Å². The first-order valence-corrected chi connectivity index (χ1v) is 11.6. The van der Waals surface area contributed by atoms with E-state index in [0.717, 1.165) is 0 Å². The zero-order valence-corrected chi connectivity index (χ0v) is 20.1. The van der Waals surface area contributed by atoms with E-state index in [9.17, 15) is 23.9 Å². The van der Waals surface area contributed by atoms with Crippen LogP contribution in [0.3, 0.4) is 0 Å². The zero-order valence-electron chi connectivity index (χ0n) is 20.1. The number of rotatable bonds is 8. The fourth-order valence-electron chi connectivity index (χ4n) is 4.00. The van der Waals surface area contributed by atoms with Crippen LogP contribution in [0.2, 0.25) is 0 Å². The van der Waals surface area contributed by atoms with Gasteiger partial charge in [-0.05, 0) is 42.0 Å². The zero-order chi connectivity index (χ0) is 26.4. The van der Waals surface area contributed by atoms with E-state index < -0.39 is 29.8 Å². The van der Waals surface area contributed by atoms with Gasteiger partial charge in [0.15, 0.2) is 0 Å². The molecule has 4 rings (SSSR count). The Balaban J connectivity index is 1.29. The summed E-state index contributed by atoms with van der Waals surface area (Å²) < 4.78 is 25.4. The summed E-state index contributed by atoms with van der Waals surface area (Å²) in [7, 11) is 1.28. The molecule has 2 aromatic carbocycles. The number of hydroxylamine groups is 1. The minimum Gasteiger partial charge on any atom is -0.507 e. The average molecular weight is 515 g/mol. The molecule has 3 amide bonds. The van der Waals surface area contributed by atoms with E-state index in [1.54, 1.807) is 18.2 Å². The maximum absolute atomic E-state index is 14.7. The van der Waals surface area contributed by atoms with E-state index in [-0.39, 0.29) is 24.4 Å². The van der Waals surface area contributed by atoms with E-state index in [2.05, 4.69) is 15.6 Å². The fourth-order valence-corrected chi connectivity index (χ4v) is 4.00. The van der Waals surface area contributed by atoms with Gasteiger partial charge in [-0.15, -0.1) is 0 Å². The van der Waals surface area contributed by atoms with Crippen molar-refractivity contribution < 1.29 is 38.2 Å². The SMILES string of the molecule is CONC(=O)c1ccc(C=CC(=O)NCC2CN(c3ccc(N4CCOCC4)c(F)c3)C(=O)O2)cc1O. The van der Waals surface area contributed by atoms with Crippen molar-refractivity contribution in [2.24, 2.45) is 0 Å². The molecular weight excluding hydrogens is 487 g/mol. The monoisotopic (exact) mass is 514 g/mol. The summed E-state index contributed by atoms with van der Waals surface area (Å²) in [4.78, 5) is 44.1. The van der Waals surface area contributed by atoms with E-state index in [0.29, 0.717) is 43.2 Å². The summed E-state index contributed by atoms with van der Waals surface area (Å²) in [5, 5.41) is 12.7. The standard InChI is InChI=1S/C25H27FN4O7/c1-35-28-24(33)19-5-2-16(12-22(19)31)3-7-23(32)27-14-18-15-30(25(34)37-18)17-4-6-21(20(26)13-17)29-8-10-36-11-9-29/h2-7,12-13,18,31H,8-11,14-15H2,1H3,(H,27,32)(H,28,33). The number of carbonyl (C=O) groups excluding carboxylic acids is 3. The van der Waals surface area contributed by atoms with Crippen molar-refractivity contribution in [2.45, 2.75) is 6.10 Å². The van der Waals surface area contributed by atoms with Crippen molar-refractivity contribution in [2.75, 3.05) is 56.3 Å². The van der Waals surface area contributed by atoms with Gasteiger partial charge >= 0.3 is 6.09 Å². The van der Waals surface area contributed by atoms with Gasteiger partial charge in [0.2, 0.25) is 5.91 Å². The number of phenols is 1. The van der Waals surface area contributed by atoms with E-state index in [1.165, 1.54) is 42.4 Å². The van der Waals surface area contributed by atoms with Gasteiger partial charge in [-0.2, -0.15) is 0 Å². The molecule has 2 aromatic rings. The maximum atomic E-state index is 14.7. The first-order chi connectivity index (χ1) is 17.9. The van der Waals surface area contributed by atoms with Crippen molar-refractivity contribution in [1.82, 2.24) is 10.8 Å². The van der Waals surface area contributed by atoms with Crippen LogP contribution in [0.25, 0.3) is 6.08 Å². The van der Waals surface area contributed by atoms with E-state index in [4.69, 9.17) is 9.47 Å². The van der Waals surface area contributed by atoms with Crippen LogP contribution in [0.4, 0.5) is 20.6 Å². The Kier molecular flexibility index (Phi) is 8.21. The lowest BCUT2D eigenvalue weighted by Crippen LogP contribution is -2.36. The first kappa shape index (κ1) is 25.9. The minimum absolute atomic E-state index is 0.0201. The van der Waals surface area contributed by atoms with Crippen LogP contribution in [-0.2, 0) is 19.1 Å². The fraction of sp³-hybridized carbons (Fsp3) is 0.320. The average Bonchev–Trinajstić information content (AvgIpc) is 3.27. The number of nitrogens with one attached hydrogen (secondary N) is 2. The molecule has 2 aliphatic heterocycles. The number of anilines is 2. The highest BCUT2D eigenvalue weighted by Crippen LogP contribution is 2.28. The summed E-state index contributed by atoms with van der Waals surface area (Å²) in [6.07, 6.45) is 1.47. The third-order valence-corrected chi connectivity index (χ3v) is 5.86. The first-order valence-electron chi connectivity index (χ1n) is 11.6. The van der Waals surface area contributed by atoms with Gasteiger partial charge in [0.05, 0.1) is 50.4 Å². The smallest absolute Gasteiger partial charge is 0.414 e. The van der Waals surface area contributed by atoms with Crippen molar-refractivity contribution >= 4 is 35.4 Å². The summed E-state index contributed by atoms with van der Waals surface area (Å²) in [5.41, 5.74) is 3.44. The number of morpholine rings is 1. The number of ether oxygens (including phenoxy) is 2. The molecule has 2 aliphatic rings.